The fraction of sp³-hybridized carbons (Fsp3) is 0.250. The van der Waals surface area contributed by atoms with Crippen molar-refractivity contribution in [2.75, 3.05) is 37.3 Å². The van der Waals surface area contributed by atoms with Gasteiger partial charge in [0.15, 0.2) is 0 Å². The second-order valence-electron chi connectivity index (χ2n) is 9.05. The van der Waals surface area contributed by atoms with E-state index in [1.165, 1.54) is 6.20 Å². The summed E-state index contributed by atoms with van der Waals surface area (Å²) in [7, 11) is 1.87. The van der Waals surface area contributed by atoms with E-state index in [-0.39, 0.29) is 0 Å². The van der Waals surface area contributed by atoms with Crippen LogP contribution in [0.3, 0.4) is 0 Å². The fourth-order valence-corrected chi connectivity index (χ4v) is 4.98. The second-order valence-corrected chi connectivity index (χ2v) is 9.88. The van der Waals surface area contributed by atoms with Gasteiger partial charge in [0.2, 0.25) is 0 Å². The Bertz CT molecular complexity index is 1480. The zero-order valence-corrected chi connectivity index (χ0v) is 22.3. The monoisotopic (exact) mass is 523 g/mol. The molecule has 2 N–H and O–H groups in total. The Labute approximate surface area is 226 Å². The van der Waals surface area contributed by atoms with Crippen LogP contribution in [0.25, 0.3) is 27.8 Å². The van der Waals surface area contributed by atoms with E-state index in [0.717, 1.165) is 71.5 Å². The number of pyridine rings is 3. The molecule has 5 rings (SSSR count). The van der Waals surface area contributed by atoms with Gasteiger partial charge in [0.25, 0.3) is 0 Å². The smallest absolute Gasteiger partial charge is 0.128 e. The van der Waals surface area contributed by atoms with Crippen LogP contribution in [-0.4, -0.2) is 62.1 Å². The highest BCUT2D eigenvalue weighted by molar-refractivity contribution is 7.98. The first kappa shape index (κ1) is 25.4. The molecule has 0 radical (unpaired) electrons. The number of nitrogens with zero attached hydrogens (tertiary/aromatic N) is 8. The summed E-state index contributed by atoms with van der Waals surface area (Å²) < 4.78 is 1.75. The number of rotatable bonds is 7. The summed E-state index contributed by atoms with van der Waals surface area (Å²) in [6.07, 6.45) is 10.7. The van der Waals surface area contributed by atoms with Crippen molar-refractivity contribution in [1.29, 1.82) is 5.26 Å². The van der Waals surface area contributed by atoms with Crippen molar-refractivity contribution in [3.8, 4) is 28.3 Å². The number of thioether (sulfide) groups is 1. The molecular weight excluding hydrogens is 494 g/mol. The van der Waals surface area contributed by atoms with Crippen LogP contribution in [0.2, 0.25) is 0 Å². The summed E-state index contributed by atoms with van der Waals surface area (Å²) in [5.74, 6) is 0.934. The number of piperazine rings is 1. The van der Waals surface area contributed by atoms with Crippen LogP contribution in [0.15, 0.2) is 72.4 Å². The lowest BCUT2D eigenvalue weighted by Crippen LogP contribution is -2.46. The summed E-state index contributed by atoms with van der Waals surface area (Å²) in [5.41, 5.74) is 11.2. The standard InChI is InChI=1S/C28H29N9S/c1-35-18-23(17-33-35)21-12-25(28(32-16-21)22(13-29)14-30)20-6-7-26(31-15-20)37-10-8-36(9-11-37)19-24-4-3-5-27(34-24)38-2/h3-7,12-13,15-18H,8-11,19,29H2,1-2H3. The molecule has 5 heterocycles. The van der Waals surface area contributed by atoms with Crippen molar-refractivity contribution in [2.45, 2.75) is 11.6 Å². The largest absolute Gasteiger partial charge is 0.403 e. The lowest BCUT2D eigenvalue weighted by Gasteiger charge is -2.35. The van der Waals surface area contributed by atoms with Crippen LogP contribution in [0.5, 0.6) is 0 Å². The molecule has 1 aliphatic rings. The normalized spacial score (nSPS) is 14.4. The van der Waals surface area contributed by atoms with Gasteiger partial charge in [0.1, 0.15) is 11.9 Å². The Balaban J connectivity index is 1.33. The van der Waals surface area contributed by atoms with E-state index < -0.39 is 0 Å². The molecule has 1 saturated heterocycles. The number of aromatic nitrogens is 5. The van der Waals surface area contributed by atoms with Gasteiger partial charge in [-0.1, -0.05) is 6.07 Å². The minimum absolute atomic E-state index is 0.315. The van der Waals surface area contributed by atoms with Gasteiger partial charge < -0.3 is 10.6 Å². The first-order valence-corrected chi connectivity index (χ1v) is 13.6. The molecular formula is C28H29N9S. The van der Waals surface area contributed by atoms with Gasteiger partial charge in [0.05, 0.1) is 28.2 Å². The summed E-state index contributed by atoms with van der Waals surface area (Å²) in [6, 6.07) is 14.4. The Morgan fingerprint density at radius 2 is 1.87 bits per heavy atom. The maximum absolute atomic E-state index is 9.61. The molecule has 192 valence electrons. The van der Waals surface area contributed by atoms with E-state index in [0.29, 0.717) is 11.3 Å². The van der Waals surface area contributed by atoms with E-state index in [9.17, 15) is 5.26 Å². The number of hydrogen-bond acceptors (Lipinski definition) is 9. The first-order chi connectivity index (χ1) is 18.6. The molecule has 0 bridgehead atoms. The van der Waals surface area contributed by atoms with E-state index in [4.69, 9.17) is 15.7 Å². The number of nitrogens with two attached hydrogens (primary N) is 1. The van der Waals surface area contributed by atoms with Crippen LogP contribution in [0, 0.1) is 11.3 Å². The Hall–Kier alpha value is -4.20. The van der Waals surface area contributed by atoms with E-state index in [2.05, 4.69) is 44.3 Å². The quantitative estimate of drug-likeness (QED) is 0.285. The van der Waals surface area contributed by atoms with E-state index in [1.807, 2.05) is 43.7 Å². The van der Waals surface area contributed by atoms with Gasteiger partial charge in [0, 0.05) is 86.8 Å². The van der Waals surface area contributed by atoms with Crippen molar-refractivity contribution in [1.82, 2.24) is 29.6 Å². The number of allylic oxidation sites excluding steroid dienone is 1. The lowest BCUT2D eigenvalue weighted by molar-refractivity contribution is 0.246. The van der Waals surface area contributed by atoms with Gasteiger partial charge in [-0.3, -0.25) is 14.6 Å². The molecule has 4 aromatic heterocycles. The molecule has 1 fully saturated rings. The molecule has 9 nitrogen and oxygen atoms in total. The topological polar surface area (TPSA) is 113 Å². The average molecular weight is 524 g/mol. The Kier molecular flexibility index (Phi) is 7.67. The number of nitriles is 1. The lowest BCUT2D eigenvalue weighted by atomic mass is 9.98. The Morgan fingerprint density at radius 1 is 1.05 bits per heavy atom. The molecule has 0 aromatic carbocycles. The van der Waals surface area contributed by atoms with Gasteiger partial charge >= 0.3 is 0 Å². The zero-order valence-electron chi connectivity index (χ0n) is 21.4. The van der Waals surface area contributed by atoms with Crippen LogP contribution in [0.4, 0.5) is 5.82 Å². The number of aryl methyl sites for hydroxylation is 1. The molecule has 38 heavy (non-hydrogen) atoms. The molecule has 0 amide bonds. The maximum atomic E-state index is 9.61. The molecule has 4 aromatic rings. The summed E-state index contributed by atoms with van der Waals surface area (Å²) in [4.78, 5) is 18.8. The van der Waals surface area contributed by atoms with E-state index in [1.54, 1.807) is 28.8 Å². The second kappa shape index (κ2) is 11.5. The highest BCUT2D eigenvalue weighted by atomic mass is 32.2. The molecule has 0 aliphatic carbocycles. The van der Waals surface area contributed by atoms with Crippen LogP contribution in [-0.2, 0) is 13.6 Å². The van der Waals surface area contributed by atoms with Crippen molar-refractivity contribution < 1.29 is 0 Å². The third-order valence-corrected chi connectivity index (χ3v) is 7.24. The van der Waals surface area contributed by atoms with Crippen LogP contribution in [0.1, 0.15) is 11.4 Å². The SMILES string of the molecule is CSc1cccc(CN2CCN(c3ccc(-c4cc(-c5cnn(C)c5)cnc4C(C#N)=CN)cn3)CC2)n1. The Morgan fingerprint density at radius 3 is 2.53 bits per heavy atom. The van der Waals surface area contributed by atoms with Gasteiger partial charge in [-0.15, -0.1) is 11.8 Å². The van der Waals surface area contributed by atoms with Crippen molar-refractivity contribution >= 4 is 23.2 Å². The van der Waals surface area contributed by atoms with Gasteiger partial charge in [-0.05, 0) is 36.6 Å². The summed E-state index contributed by atoms with van der Waals surface area (Å²) >= 11 is 1.67. The fourth-order valence-electron chi connectivity index (χ4n) is 4.55. The zero-order chi connectivity index (χ0) is 26.5. The van der Waals surface area contributed by atoms with E-state index >= 15 is 0 Å². The molecule has 1 aliphatic heterocycles. The third kappa shape index (κ3) is 5.54. The maximum Gasteiger partial charge on any atom is 0.128 e. The predicted octanol–water partition coefficient (Wildman–Crippen LogP) is 3.81. The van der Waals surface area contributed by atoms with Crippen LogP contribution < -0.4 is 10.6 Å². The summed E-state index contributed by atoms with van der Waals surface area (Å²) in [5, 5.41) is 14.9. The predicted molar refractivity (Wildman–Crippen MR) is 151 cm³/mol. The molecule has 0 unspecified atom stereocenters. The van der Waals surface area contributed by atoms with Gasteiger partial charge in [-0.25, -0.2) is 9.97 Å². The van der Waals surface area contributed by atoms with Crippen LogP contribution >= 0.6 is 11.8 Å². The summed E-state index contributed by atoms with van der Waals surface area (Å²) in [6.45, 7) is 4.54. The number of anilines is 1. The highest BCUT2D eigenvalue weighted by Crippen LogP contribution is 2.32. The minimum Gasteiger partial charge on any atom is -0.403 e. The van der Waals surface area contributed by atoms with Gasteiger partial charge in [-0.2, -0.15) is 10.4 Å². The molecule has 10 heteroatoms. The average Bonchev–Trinajstić information content (AvgIpc) is 3.41. The molecule has 0 spiro atoms. The first-order valence-electron chi connectivity index (χ1n) is 12.3. The highest BCUT2D eigenvalue weighted by Gasteiger charge is 2.20. The molecule has 0 saturated carbocycles. The van der Waals surface area contributed by atoms with Crippen molar-refractivity contribution in [2.24, 2.45) is 12.8 Å². The number of hydrogen-bond donors (Lipinski definition) is 1. The third-order valence-electron chi connectivity index (χ3n) is 6.60. The molecule has 0 atom stereocenters. The minimum atomic E-state index is 0.315. The van der Waals surface area contributed by atoms with Crippen molar-refractivity contribution in [3.63, 3.8) is 0 Å². The van der Waals surface area contributed by atoms with Crippen molar-refractivity contribution in [3.05, 3.63) is 78.8 Å².